The van der Waals surface area contributed by atoms with Crippen molar-refractivity contribution in [1.82, 2.24) is 15.5 Å². The Morgan fingerprint density at radius 3 is 2.16 bits per heavy atom. The zero-order valence-corrected chi connectivity index (χ0v) is 20.5. The Hall–Kier alpha value is -1.18. The Bertz CT molecular complexity index is 601. The van der Waals surface area contributed by atoms with Crippen LogP contribution >= 0.6 is 0 Å². The molecule has 0 radical (unpaired) electrons. The number of ether oxygens (including phenoxy) is 1. The lowest BCUT2D eigenvalue weighted by Gasteiger charge is -2.45. The number of likely N-dealkylation sites (tertiary alicyclic amines) is 1. The van der Waals surface area contributed by atoms with E-state index in [1.54, 1.807) is 0 Å². The highest BCUT2D eigenvalue weighted by atomic mass is 16.5. The summed E-state index contributed by atoms with van der Waals surface area (Å²) in [5.74, 6) is -0.0199. The predicted octanol–water partition coefficient (Wildman–Crippen LogP) is 2.47. The van der Waals surface area contributed by atoms with Gasteiger partial charge in [0.1, 0.15) is 6.04 Å². The fourth-order valence-electron chi connectivity index (χ4n) is 5.57. The molecule has 1 unspecified atom stereocenters. The van der Waals surface area contributed by atoms with Crippen LogP contribution in [0.1, 0.15) is 78.6 Å². The first kappa shape index (κ1) is 25.4. The van der Waals surface area contributed by atoms with E-state index >= 15 is 0 Å². The molecule has 2 amide bonds. The normalized spacial score (nSPS) is 29.9. The number of hydrogen-bond acceptors (Lipinski definition) is 5. The fraction of sp³-hybridized carbons (Fsp3) is 0.920. The van der Waals surface area contributed by atoms with Crippen LogP contribution in [0.25, 0.3) is 0 Å². The topological polar surface area (TPSA) is 90.9 Å². The highest BCUT2D eigenvalue weighted by Crippen LogP contribution is 2.42. The van der Waals surface area contributed by atoms with E-state index in [0.29, 0.717) is 24.5 Å². The van der Waals surface area contributed by atoms with Crippen LogP contribution in [-0.4, -0.2) is 73.4 Å². The molecule has 7 heteroatoms. The Morgan fingerprint density at radius 1 is 1.09 bits per heavy atom. The Morgan fingerprint density at radius 2 is 1.72 bits per heavy atom. The van der Waals surface area contributed by atoms with Crippen LogP contribution in [-0.2, 0) is 14.3 Å². The van der Waals surface area contributed by atoms with Crippen LogP contribution in [0.15, 0.2) is 0 Å². The van der Waals surface area contributed by atoms with E-state index in [2.05, 4.69) is 10.6 Å². The lowest BCUT2D eigenvalue weighted by atomic mass is 9.71. The van der Waals surface area contributed by atoms with Crippen molar-refractivity contribution in [2.75, 3.05) is 39.4 Å². The van der Waals surface area contributed by atoms with Crippen molar-refractivity contribution < 1.29 is 19.4 Å². The summed E-state index contributed by atoms with van der Waals surface area (Å²) in [6.07, 6.45) is 10.5. The van der Waals surface area contributed by atoms with Crippen molar-refractivity contribution >= 4 is 11.8 Å². The second kappa shape index (κ2) is 11.3. The number of rotatable bonds is 5. The van der Waals surface area contributed by atoms with E-state index in [9.17, 15) is 9.59 Å². The maximum absolute atomic E-state index is 12.7. The summed E-state index contributed by atoms with van der Waals surface area (Å²) >= 11 is 0. The molecule has 1 aliphatic carbocycles. The highest BCUT2D eigenvalue weighted by molar-refractivity contribution is 5.88. The molecule has 32 heavy (non-hydrogen) atoms. The lowest BCUT2D eigenvalue weighted by molar-refractivity contribution is -0.139. The second-order valence-corrected chi connectivity index (χ2v) is 10.9. The minimum Gasteiger partial charge on any atom is -0.396 e. The number of nitrogens with one attached hydrogen (secondary N) is 2. The van der Waals surface area contributed by atoms with E-state index in [1.165, 1.54) is 38.5 Å². The summed E-state index contributed by atoms with van der Waals surface area (Å²) in [5, 5.41) is 15.4. The Labute approximate surface area is 194 Å². The smallest absolute Gasteiger partial charge is 0.245 e. The monoisotopic (exact) mass is 451 g/mol. The first-order valence-corrected chi connectivity index (χ1v) is 12.8. The van der Waals surface area contributed by atoms with Crippen LogP contribution in [0.3, 0.4) is 0 Å². The van der Waals surface area contributed by atoms with Gasteiger partial charge in [0.2, 0.25) is 11.8 Å². The maximum Gasteiger partial charge on any atom is 0.245 e. The van der Waals surface area contributed by atoms with Gasteiger partial charge in [0.15, 0.2) is 0 Å². The van der Waals surface area contributed by atoms with Gasteiger partial charge in [-0.3, -0.25) is 9.59 Å². The summed E-state index contributed by atoms with van der Waals surface area (Å²) in [6.45, 7) is 10.7. The number of piperidine rings is 2. The number of fused-ring (bicyclic) bond motifs is 3. The standard InChI is InChI=1S/C17H31N3O2.C8H14O2/c1-4-14(19-15(21)13(2)3)16(22)20-11-7-17(8-12-20)5-9-18-10-6-17;9-5-8-3-1-7(2-4-8)10-6-8/h13-14,18H,4-12H2,1-3H3,(H,19,21);7,9H,1-6H2. The summed E-state index contributed by atoms with van der Waals surface area (Å²) in [6, 6.07) is -0.364. The summed E-state index contributed by atoms with van der Waals surface area (Å²) in [5.41, 5.74) is 0.611. The van der Waals surface area contributed by atoms with Gasteiger partial charge in [-0.2, -0.15) is 0 Å². The second-order valence-electron chi connectivity index (χ2n) is 10.9. The van der Waals surface area contributed by atoms with Crippen molar-refractivity contribution in [2.45, 2.75) is 90.7 Å². The molecule has 1 saturated carbocycles. The van der Waals surface area contributed by atoms with Gasteiger partial charge in [-0.1, -0.05) is 20.8 Å². The first-order chi connectivity index (χ1) is 15.3. The zero-order chi connectivity index (χ0) is 23.2. The first-order valence-electron chi connectivity index (χ1n) is 12.8. The molecule has 5 rings (SSSR count). The SMILES string of the molecule is CCC(NC(=O)C(C)C)C(=O)N1CCC2(CCNCC2)CC1.OCC12CCC(CC1)OC2. The molecule has 5 aliphatic rings. The molecule has 184 valence electrons. The van der Waals surface area contributed by atoms with Gasteiger partial charge in [-0.15, -0.1) is 0 Å². The van der Waals surface area contributed by atoms with Crippen LogP contribution in [0.4, 0.5) is 0 Å². The fourth-order valence-corrected chi connectivity index (χ4v) is 5.57. The number of aliphatic hydroxyl groups is 1. The molecular formula is C25H45N3O4. The van der Waals surface area contributed by atoms with Crippen LogP contribution in [0, 0.1) is 16.7 Å². The molecule has 4 aliphatic heterocycles. The van der Waals surface area contributed by atoms with Gasteiger partial charge < -0.3 is 25.4 Å². The van der Waals surface area contributed by atoms with E-state index < -0.39 is 0 Å². The molecule has 4 heterocycles. The minimum absolute atomic E-state index is 0.0352. The highest BCUT2D eigenvalue weighted by Gasteiger charge is 2.41. The minimum atomic E-state index is -0.364. The number of carbonyl (C=O) groups excluding carboxylic acids is 2. The number of nitrogens with zero attached hydrogens (tertiary/aromatic N) is 1. The van der Waals surface area contributed by atoms with E-state index in [-0.39, 0.29) is 29.2 Å². The van der Waals surface area contributed by atoms with Crippen LogP contribution in [0.2, 0.25) is 0 Å². The number of carbonyl (C=O) groups is 2. The molecule has 1 atom stereocenters. The summed E-state index contributed by atoms with van der Waals surface area (Å²) < 4.78 is 5.51. The molecular weight excluding hydrogens is 406 g/mol. The van der Waals surface area contributed by atoms with Crippen LogP contribution < -0.4 is 10.6 Å². The number of hydrogen-bond donors (Lipinski definition) is 3. The van der Waals surface area contributed by atoms with Gasteiger partial charge in [-0.05, 0) is 76.3 Å². The van der Waals surface area contributed by atoms with Crippen molar-refractivity contribution in [1.29, 1.82) is 0 Å². The molecule has 1 spiro atoms. The van der Waals surface area contributed by atoms with Gasteiger partial charge in [0.25, 0.3) is 0 Å². The number of amides is 2. The van der Waals surface area contributed by atoms with Crippen molar-refractivity contribution in [3.05, 3.63) is 0 Å². The molecule has 5 fully saturated rings. The average Bonchev–Trinajstić information content (AvgIpc) is 2.84. The number of aliphatic hydroxyl groups excluding tert-OH is 1. The summed E-state index contributed by atoms with van der Waals surface area (Å²) in [4.78, 5) is 26.5. The Kier molecular flexibility index (Phi) is 8.98. The van der Waals surface area contributed by atoms with Crippen molar-refractivity contribution in [3.63, 3.8) is 0 Å². The van der Waals surface area contributed by atoms with Crippen molar-refractivity contribution in [2.24, 2.45) is 16.7 Å². The molecule has 0 aromatic heterocycles. The third-order valence-electron chi connectivity index (χ3n) is 8.30. The summed E-state index contributed by atoms with van der Waals surface area (Å²) in [7, 11) is 0. The van der Waals surface area contributed by atoms with E-state index in [4.69, 9.17) is 9.84 Å². The van der Waals surface area contributed by atoms with Gasteiger partial charge in [-0.25, -0.2) is 0 Å². The molecule has 7 nitrogen and oxygen atoms in total. The van der Waals surface area contributed by atoms with Crippen molar-refractivity contribution in [3.8, 4) is 0 Å². The Balaban J connectivity index is 0.000000238. The van der Waals surface area contributed by atoms with E-state index in [1.807, 2.05) is 25.7 Å². The third-order valence-corrected chi connectivity index (χ3v) is 8.30. The molecule has 3 N–H and O–H groups in total. The quantitative estimate of drug-likeness (QED) is 0.597. The molecule has 4 saturated heterocycles. The molecule has 0 aromatic rings. The predicted molar refractivity (Wildman–Crippen MR) is 125 cm³/mol. The molecule has 2 bridgehead atoms. The average molecular weight is 452 g/mol. The largest absolute Gasteiger partial charge is 0.396 e. The maximum atomic E-state index is 12.7. The van der Waals surface area contributed by atoms with Gasteiger partial charge >= 0.3 is 0 Å². The lowest BCUT2D eigenvalue weighted by Crippen LogP contribution is -2.53. The molecule has 0 aromatic carbocycles. The zero-order valence-electron chi connectivity index (χ0n) is 20.5. The third kappa shape index (κ3) is 6.23. The van der Waals surface area contributed by atoms with Gasteiger partial charge in [0.05, 0.1) is 19.3 Å². The van der Waals surface area contributed by atoms with Crippen LogP contribution in [0.5, 0.6) is 0 Å². The van der Waals surface area contributed by atoms with E-state index in [0.717, 1.165) is 45.6 Å². The van der Waals surface area contributed by atoms with Gasteiger partial charge in [0, 0.05) is 24.4 Å².